The third-order valence-electron chi connectivity index (χ3n) is 8.25. The molecule has 0 aromatic heterocycles. The third-order valence-corrected chi connectivity index (χ3v) is 8.25. The van der Waals surface area contributed by atoms with E-state index < -0.39 is 11.6 Å². The third kappa shape index (κ3) is 5.77. The van der Waals surface area contributed by atoms with Gasteiger partial charge in [0.1, 0.15) is 5.82 Å². The van der Waals surface area contributed by atoms with E-state index in [0.29, 0.717) is 11.1 Å². The molecule has 0 unspecified atom stereocenters. The predicted octanol–water partition coefficient (Wildman–Crippen LogP) is 9.12. The van der Waals surface area contributed by atoms with Gasteiger partial charge in [-0.2, -0.15) is 0 Å². The molecule has 2 aromatic rings. The minimum absolute atomic E-state index is 0.321. The number of hydrogen-bond acceptors (Lipinski definition) is 0. The molecule has 2 fully saturated rings. The first kappa shape index (κ1) is 23.4. The lowest BCUT2D eigenvalue weighted by molar-refractivity contribution is 0.141. The monoisotopic (exact) mass is 442 g/mol. The summed E-state index contributed by atoms with van der Waals surface area (Å²) in [5.74, 6) is 1.40. The van der Waals surface area contributed by atoms with Crippen LogP contribution in [0, 0.1) is 41.1 Å². The van der Waals surface area contributed by atoms with Crippen molar-refractivity contribution in [3.05, 3.63) is 59.4 Å². The number of benzene rings is 2. The quantitative estimate of drug-likeness (QED) is 0.401. The largest absolute Gasteiger partial charge is 0.206 e. The summed E-state index contributed by atoms with van der Waals surface area (Å²) < 4.78 is 41.3. The first-order chi connectivity index (χ1) is 15.5. The zero-order valence-corrected chi connectivity index (χ0v) is 19.4. The molecule has 0 amide bonds. The van der Waals surface area contributed by atoms with Crippen molar-refractivity contribution in [2.45, 2.75) is 84.0 Å². The average Bonchev–Trinajstić information content (AvgIpc) is 2.81. The summed E-state index contributed by atoms with van der Waals surface area (Å²) >= 11 is 0. The van der Waals surface area contributed by atoms with Gasteiger partial charge in [0.25, 0.3) is 0 Å². The summed E-state index contributed by atoms with van der Waals surface area (Å²) in [5, 5.41) is 0. The summed E-state index contributed by atoms with van der Waals surface area (Å²) in [4.78, 5) is 0. The maximum absolute atomic E-state index is 14.7. The van der Waals surface area contributed by atoms with E-state index in [2.05, 4.69) is 6.92 Å². The lowest BCUT2D eigenvalue weighted by Gasteiger charge is -2.38. The Labute approximate surface area is 191 Å². The van der Waals surface area contributed by atoms with Gasteiger partial charge in [0, 0.05) is 5.56 Å². The van der Waals surface area contributed by atoms with Gasteiger partial charge in [-0.15, -0.1) is 0 Å². The van der Waals surface area contributed by atoms with Gasteiger partial charge in [-0.25, -0.2) is 13.2 Å². The van der Waals surface area contributed by atoms with Gasteiger partial charge >= 0.3 is 0 Å². The van der Waals surface area contributed by atoms with E-state index in [9.17, 15) is 13.2 Å². The van der Waals surface area contributed by atoms with Crippen LogP contribution in [-0.2, 0) is 6.42 Å². The van der Waals surface area contributed by atoms with Crippen LogP contribution in [0.3, 0.4) is 0 Å². The Balaban J connectivity index is 1.24. The second kappa shape index (κ2) is 10.9. The molecule has 0 atom stereocenters. The molecular formula is C29H37F3. The Morgan fingerprint density at radius 3 is 1.84 bits per heavy atom. The Morgan fingerprint density at radius 1 is 0.656 bits per heavy atom. The fraction of sp³-hybridized carbons (Fsp3) is 0.586. The normalized spacial score (nSPS) is 26.2. The van der Waals surface area contributed by atoms with Crippen LogP contribution in [0.15, 0.2) is 36.4 Å². The molecule has 0 spiro atoms. The van der Waals surface area contributed by atoms with E-state index in [1.807, 2.05) is 6.07 Å². The minimum Gasteiger partial charge on any atom is -0.206 e. The molecule has 0 nitrogen and oxygen atoms in total. The molecule has 0 saturated heterocycles. The lowest BCUT2D eigenvalue weighted by atomic mass is 9.68. The number of halogens is 3. The second-order valence-electron chi connectivity index (χ2n) is 10.3. The first-order valence-corrected chi connectivity index (χ1v) is 12.8. The van der Waals surface area contributed by atoms with Crippen LogP contribution in [0.4, 0.5) is 13.2 Å². The summed E-state index contributed by atoms with van der Waals surface area (Å²) in [6.07, 6.45) is 15.9. The van der Waals surface area contributed by atoms with Gasteiger partial charge in [0.05, 0.1) is 0 Å². The van der Waals surface area contributed by atoms with Gasteiger partial charge in [-0.05, 0) is 91.5 Å². The van der Waals surface area contributed by atoms with Crippen LogP contribution in [0.2, 0.25) is 0 Å². The fourth-order valence-corrected chi connectivity index (χ4v) is 6.29. The van der Waals surface area contributed by atoms with Crippen molar-refractivity contribution in [2.24, 2.45) is 23.7 Å². The van der Waals surface area contributed by atoms with E-state index in [1.54, 1.807) is 12.1 Å². The molecule has 174 valence electrons. The second-order valence-corrected chi connectivity index (χ2v) is 10.3. The van der Waals surface area contributed by atoms with Crippen molar-refractivity contribution in [1.29, 1.82) is 0 Å². The molecule has 0 aliphatic heterocycles. The Kier molecular flexibility index (Phi) is 7.97. The van der Waals surface area contributed by atoms with Crippen molar-refractivity contribution in [3.8, 4) is 11.1 Å². The molecule has 3 heteroatoms. The smallest absolute Gasteiger partial charge is 0.159 e. The Bertz CT molecular complexity index is 874. The Morgan fingerprint density at radius 2 is 1.28 bits per heavy atom. The van der Waals surface area contributed by atoms with Crippen LogP contribution in [0.1, 0.15) is 83.1 Å². The van der Waals surface area contributed by atoms with Gasteiger partial charge in [-0.1, -0.05) is 63.6 Å². The van der Waals surface area contributed by atoms with E-state index >= 15 is 0 Å². The molecule has 4 rings (SSSR count). The SMILES string of the molecule is CCC[C@H]1CC[C@H]([C@H]2CC[C@H](CCc3ccc(-c4ccc(F)c(F)c4)c(F)c3)CC2)CC1. The van der Waals surface area contributed by atoms with Crippen LogP contribution >= 0.6 is 0 Å². The molecule has 2 aromatic carbocycles. The maximum Gasteiger partial charge on any atom is 0.159 e. The van der Waals surface area contributed by atoms with Gasteiger partial charge in [-0.3, -0.25) is 0 Å². The first-order valence-electron chi connectivity index (χ1n) is 12.8. The van der Waals surface area contributed by atoms with Crippen molar-refractivity contribution < 1.29 is 13.2 Å². The van der Waals surface area contributed by atoms with Crippen molar-refractivity contribution >= 4 is 0 Å². The molecule has 32 heavy (non-hydrogen) atoms. The molecule has 0 bridgehead atoms. The van der Waals surface area contributed by atoms with Gasteiger partial charge in [0.2, 0.25) is 0 Å². The molecule has 0 radical (unpaired) electrons. The average molecular weight is 443 g/mol. The summed E-state index contributed by atoms with van der Waals surface area (Å²) in [6.45, 7) is 2.31. The molecule has 0 heterocycles. The number of rotatable bonds is 7. The van der Waals surface area contributed by atoms with Crippen molar-refractivity contribution in [2.75, 3.05) is 0 Å². The predicted molar refractivity (Wildman–Crippen MR) is 126 cm³/mol. The van der Waals surface area contributed by atoms with E-state index in [4.69, 9.17) is 0 Å². The maximum atomic E-state index is 14.7. The highest BCUT2D eigenvalue weighted by Gasteiger charge is 2.30. The van der Waals surface area contributed by atoms with Crippen molar-refractivity contribution in [1.82, 2.24) is 0 Å². The van der Waals surface area contributed by atoms with Crippen LogP contribution < -0.4 is 0 Å². The van der Waals surface area contributed by atoms with Gasteiger partial charge < -0.3 is 0 Å². The highest BCUT2D eigenvalue weighted by atomic mass is 19.2. The van der Waals surface area contributed by atoms with Gasteiger partial charge in [0.15, 0.2) is 11.6 Å². The van der Waals surface area contributed by atoms with Crippen LogP contribution in [-0.4, -0.2) is 0 Å². The molecule has 0 N–H and O–H groups in total. The van der Waals surface area contributed by atoms with E-state index in [-0.39, 0.29) is 5.82 Å². The highest BCUT2D eigenvalue weighted by Crippen LogP contribution is 2.43. The van der Waals surface area contributed by atoms with Crippen molar-refractivity contribution in [3.63, 3.8) is 0 Å². The van der Waals surface area contributed by atoms with E-state index in [0.717, 1.165) is 54.2 Å². The zero-order chi connectivity index (χ0) is 22.5. The number of hydrogen-bond donors (Lipinski definition) is 0. The molecular weight excluding hydrogens is 405 g/mol. The standard InChI is InChI=1S/C29H37F3/c1-2-3-20-6-11-23(12-7-20)24-13-8-21(9-14-24)4-5-22-10-16-26(28(31)18-22)25-15-17-27(30)29(32)19-25/h10,15-21,23-24H,2-9,11-14H2,1H3/t20-,21-,23-,24-. The summed E-state index contributed by atoms with van der Waals surface area (Å²) in [6, 6.07) is 8.72. The molecule has 2 aliphatic carbocycles. The highest BCUT2D eigenvalue weighted by molar-refractivity contribution is 5.64. The Hall–Kier alpha value is -1.77. The minimum atomic E-state index is -0.949. The zero-order valence-electron chi connectivity index (χ0n) is 19.4. The summed E-state index contributed by atoms with van der Waals surface area (Å²) in [5.41, 5.74) is 1.68. The molecule has 2 aliphatic rings. The van der Waals surface area contributed by atoms with Crippen LogP contribution in [0.25, 0.3) is 11.1 Å². The lowest BCUT2D eigenvalue weighted by Crippen LogP contribution is -2.26. The number of aryl methyl sites for hydroxylation is 1. The topological polar surface area (TPSA) is 0 Å². The fourth-order valence-electron chi connectivity index (χ4n) is 6.29. The molecule has 2 saturated carbocycles. The van der Waals surface area contributed by atoms with E-state index in [1.165, 1.54) is 70.3 Å². The van der Waals surface area contributed by atoms with Crippen LogP contribution in [0.5, 0.6) is 0 Å². The summed E-state index contributed by atoms with van der Waals surface area (Å²) in [7, 11) is 0.